The van der Waals surface area contributed by atoms with Gasteiger partial charge in [0.2, 0.25) is 0 Å². The van der Waals surface area contributed by atoms with Gasteiger partial charge in [0.25, 0.3) is 0 Å². The summed E-state index contributed by atoms with van der Waals surface area (Å²) >= 11 is 0. The van der Waals surface area contributed by atoms with Crippen molar-refractivity contribution >= 4 is 12.5 Å². The minimum absolute atomic E-state index is 0.135. The van der Waals surface area contributed by atoms with Gasteiger partial charge in [0, 0.05) is 0 Å². The standard InChI is InChI=1S/C10H16NO3/c1-3-5-6-8-14-10(13)11(9-12)7-4-2/h4H,2-3,5-8H2,1H3. The molecule has 0 aromatic carbocycles. The van der Waals surface area contributed by atoms with E-state index in [9.17, 15) is 9.59 Å². The summed E-state index contributed by atoms with van der Waals surface area (Å²) in [5, 5.41) is 0. The van der Waals surface area contributed by atoms with E-state index in [1.807, 2.05) is 0 Å². The number of hydrogen-bond acceptors (Lipinski definition) is 3. The monoisotopic (exact) mass is 198 g/mol. The zero-order chi connectivity index (χ0) is 10.8. The fourth-order valence-corrected chi connectivity index (χ4v) is 0.868. The molecule has 0 aromatic heterocycles. The molecule has 14 heavy (non-hydrogen) atoms. The van der Waals surface area contributed by atoms with E-state index in [0.29, 0.717) is 6.61 Å². The molecule has 0 aliphatic carbocycles. The SMILES string of the molecule is C=CCN([C]=O)C(=O)OCCCCC. The number of rotatable bonds is 7. The number of imide groups is 1. The fourth-order valence-electron chi connectivity index (χ4n) is 0.868. The molecule has 0 spiro atoms. The maximum atomic E-state index is 11.1. The Morgan fingerprint density at radius 2 is 2.29 bits per heavy atom. The third-order valence-corrected chi connectivity index (χ3v) is 1.62. The Kier molecular flexibility index (Phi) is 7.50. The van der Waals surface area contributed by atoms with Crippen LogP contribution in [0.15, 0.2) is 12.7 Å². The second-order valence-corrected chi connectivity index (χ2v) is 2.81. The lowest BCUT2D eigenvalue weighted by atomic mass is 10.3. The molecule has 79 valence electrons. The third-order valence-electron chi connectivity index (χ3n) is 1.62. The predicted molar refractivity (Wildman–Crippen MR) is 53.5 cm³/mol. The fraction of sp³-hybridized carbons (Fsp3) is 0.600. The summed E-state index contributed by atoms with van der Waals surface area (Å²) in [7, 11) is 0. The first-order valence-electron chi connectivity index (χ1n) is 4.69. The van der Waals surface area contributed by atoms with Crippen LogP contribution in [0.25, 0.3) is 0 Å². The molecular formula is C10H16NO3. The number of hydrogen-bond donors (Lipinski definition) is 0. The number of nitrogens with zero attached hydrogens (tertiary/aromatic N) is 1. The van der Waals surface area contributed by atoms with Crippen molar-refractivity contribution in [2.75, 3.05) is 13.2 Å². The van der Waals surface area contributed by atoms with Gasteiger partial charge in [-0.2, -0.15) is 0 Å². The second-order valence-electron chi connectivity index (χ2n) is 2.81. The van der Waals surface area contributed by atoms with E-state index in [-0.39, 0.29) is 6.54 Å². The Morgan fingerprint density at radius 1 is 1.57 bits per heavy atom. The number of carbonyl (C=O) groups excluding carboxylic acids is 2. The largest absolute Gasteiger partial charge is 0.449 e. The molecule has 0 aliphatic rings. The highest BCUT2D eigenvalue weighted by atomic mass is 16.6. The third kappa shape index (κ3) is 5.35. The lowest BCUT2D eigenvalue weighted by Crippen LogP contribution is -2.30. The molecule has 4 nitrogen and oxygen atoms in total. The van der Waals surface area contributed by atoms with Gasteiger partial charge in [-0.1, -0.05) is 25.8 Å². The van der Waals surface area contributed by atoms with Gasteiger partial charge in [0.05, 0.1) is 13.2 Å². The maximum Gasteiger partial charge on any atom is 0.417 e. The normalized spacial score (nSPS) is 9.21. The van der Waals surface area contributed by atoms with E-state index in [1.54, 1.807) is 0 Å². The molecule has 0 atom stereocenters. The van der Waals surface area contributed by atoms with Gasteiger partial charge in [-0.3, -0.25) is 4.79 Å². The van der Waals surface area contributed by atoms with Gasteiger partial charge >= 0.3 is 12.5 Å². The van der Waals surface area contributed by atoms with Crippen molar-refractivity contribution in [1.82, 2.24) is 4.90 Å². The Bertz CT molecular complexity index is 192. The Labute approximate surface area is 84.5 Å². The molecule has 0 fully saturated rings. The molecule has 0 aromatic rings. The predicted octanol–water partition coefficient (Wildman–Crippen LogP) is 1.87. The number of carbonyl (C=O) groups is 1. The lowest BCUT2D eigenvalue weighted by molar-refractivity contribution is 0.122. The van der Waals surface area contributed by atoms with Crippen molar-refractivity contribution < 1.29 is 14.3 Å². The zero-order valence-electron chi connectivity index (χ0n) is 8.49. The van der Waals surface area contributed by atoms with Crippen molar-refractivity contribution in [1.29, 1.82) is 0 Å². The lowest BCUT2D eigenvalue weighted by Gasteiger charge is -2.11. The van der Waals surface area contributed by atoms with E-state index >= 15 is 0 Å². The smallest absolute Gasteiger partial charge is 0.417 e. The summed E-state index contributed by atoms with van der Waals surface area (Å²) in [5.41, 5.74) is 0. The summed E-state index contributed by atoms with van der Waals surface area (Å²) in [5.74, 6) is 0. The van der Waals surface area contributed by atoms with E-state index in [2.05, 4.69) is 13.5 Å². The minimum atomic E-state index is -0.656. The van der Waals surface area contributed by atoms with Gasteiger partial charge < -0.3 is 4.74 Å². The first kappa shape index (κ1) is 12.7. The average molecular weight is 198 g/mol. The molecular weight excluding hydrogens is 182 g/mol. The van der Waals surface area contributed by atoms with Crippen LogP contribution in [-0.4, -0.2) is 30.6 Å². The van der Waals surface area contributed by atoms with E-state index in [4.69, 9.17) is 4.74 Å². The molecule has 0 heterocycles. The molecule has 0 rings (SSSR count). The molecule has 0 saturated heterocycles. The highest BCUT2D eigenvalue weighted by Crippen LogP contribution is 1.97. The number of ether oxygens (including phenoxy) is 1. The van der Waals surface area contributed by atoms with Gasteiger partial charge in [-0.05, 0) is 6.42 Å². The Hall–Kier alpha value is -1.32. The molecule has 0 saturated carbocycles. The average Bonchev–Trinajstić information content (AvgIpc) is 2.20. The van der Waals surface area contributed by atoms with Crippen LogP contribution in [0.1, 0.15) is 26.2 Å². The van der Waals surface area contributed by atoms with E-state index < -0.39 is 6.09 Å². The quantitative estimate of drug-likeness (QED) is 0.356. The second kappa shape index (κ2) is 8.29. The summed E-state index contributed by atoms with van der Waals surface area (Å²) in [6.45, 7) is 5.96. The van der Waals surface area contributed by atoms with Gasteiger partial charge in [-0.15, -0.1) is 6.58 Å². The minimum Gasteiger partial charge on any atom is -0.449 e. The van der Waals surface area contributed by atoms with E-state index in [1.165, 1.54) is 12.5 Å². The van der Waals surface area contributed by atoms with Crippen LogP contribution in [0.3, 0.4) is 0 Å². The van der Waals surface area contributed by atoms with Gasteiger partial charge in [-0.25, -0.2) is 9.69 Å². The first-order chi connectivity index (χ1) is 6.76. The highest BCUT2D eigenvalue weighted by Gasteiger charge is 2.12. The topological polar surface area (TPSA) is 46.6 Å². The molecule has 4 heteroatoms. The molecule has 0 aliphatic heterocycles. The summed E-state index contributed by atoms with van der Waals surface area (Å²) in [6.07, 6.45) is 5.17. The van der Waals surface area contributed by atoms with Crippen LogP contribution in [0.2, 0.25) is 0 Å². The Balaban J connectivity index is 3.69. The van der Waals surface area contributed by atoms with Crippen molar-refractivity contribution in [2.45, 2.75) is 26.2 Å². The highest BCUT2D eigenvalue weighted by molar-refractivity contribution is 5.80. The van der Waals surface area contributed by atoms with Crippen LogP contribution in [0, 0.1) is 0 Å². The first-order valence-corrected chi connectivity index (χ1v) is 4.69. The number of unbranched alkanes of at least 4 members (excludes halogenated alkanes) is 2. The zero-order valence-corrected chi connectivity index (χ0v) is 8.49. The molecule has 1 radical (unpaired) electrons. The van der Waals surface area contributed by atoms with Crippen LogP contribution in [0.4, 0.5) is 4.79 Å². The molecule has 0 unspecified atom stereocenters. The van der Waals surface area contributed by atoms with Crippen molar-refractivity contribution in [3.8, 4) is 0 Å². The van der Waals surface area contributed by atoms with Crippen LogP contribution >= 0.6 is 0 Å². The van der Waals surface area contributed by atoms with Crippen LogP contribution in [-0.2, 0) is 9.53 Å². The van der Waals surface area contributed by atoms with Crippen molar-refractivity contribution in [3.05, 3.63) is 12.7 Å². The molecule has 0 N–H and O–H groups in total. The molecule has 0 bridgehead atoms. The summed E-state index contributed by atoms with van der Waals surface area (Å²) < 4.78 is 4.83. The van der Waals surface area contributed by atoms with Crippen LogP contribution in [0.5, 0.6) is 0 Å². The summed E-state index contributed by atoms with van der Waals surface area (Å²) in [4.78, 5) is 22.2. The number of amides is 2. The van der Waals surface area contributed by atoms with E-state index in [0.717, 1.165) is 24.2 Å². The maximum absolute atomic E-state index is 11.1. The molecule has 2 amide bonds. The summed E-state index contributed by atoms with van der Waals surface area (Å²) in [6, 6.07) is 0. The van der Waals surface area contributed by atoms with Crippen molar-refractivity contribution in [2.24, 2.45) is 0 Å². The Morgan fingerprint density at radius 3 is 2.79 bits per heavy atom. The van der Waals surface area contributed by atoms with Gasteiger partial charge in [0.15, 0.2) is 0 Å². The van der Waals surface area contributed by atoms with Gasteiger partial charge in [0.1, 0.15) is 0 Å². The van der Waals surface area contributed by atoms with Crippen molar-refractivity contribution in [3.63, 3.8) is 0 Å². The van der Waals surface area contributed by atoms with Crippen LogP contribution < -0.4 is 0 Å².